The Labute approximate surface area is 102 Å². The number of hydrogen-bond acceptors (Lipinski definition) is 3. The molecule has 0 fully saturated rings. The van der Waals surface area contributed by atoms with Gasteiger partial charge in [0.2, 0.25) is 5.91 Å². The van der Waals surface area contributed by atoms with Gasteiger partial charge in [0.25, 0.3) is 0 Å². The lowest BCUT2D eigenvalue weighted by Gasteiger charge is -2.20. The largest absolute Gasteiger partial charge is 0.496 e. The third-order valence-corrected chi connectivity index (χ3v) is 2.77. The lowest BCUT2D eigenvalue weighted by molar-refractivity contribution is -0.117. The van der Waals surface area contributed by atoms with E-state index >= 15 is 0 Å². The summed E-state index contributed by atoms with van der Waals surface area (Å²) in [5, 5.41) is 0. The fraction of sp³-hybridized carbons (Fsp3) is 0.462. The first-order valence-electron chi connectivity index (χ1n) is 5.65. The number of hydrogen-bond donors (Lipinski definition) is 1. The molecule has 0 aliphatic carbocycles. The fourth-order valence-corrected chi connectivity index (χ4v) is 1.66. The van der Waals surface area contributed by atoms with Crippen molar-refractivity contribution in [3.63, 3.8) is 0 Å². The van der Waals surface area contributed by atoms with E-state index in [0.717, 1.165) is 17.0 Å². The SMILES string of the molecule is COc1ccc(N(C)C(=O)CN)cc1C(C)C. The van der Waals surface area contributed by atoms with Crippen molar-refractivity contribution in [3.05, 3.63) is 23.8 Å². The van der Waals surface area contributed by atoms with Crippen LogP contribution in [-0.4, -0.2) is 26.6 Å². The molecule has 94 valence electrons. The van der Waals surface area contributed by atoms with Gasteiger partial charge in [-0.1, -0.05) is 13.8 Å². The van der Waals surface area contributed by atoms with Crippen LogP contribution in [0.5, 0.6) is 5.75 Å². The van der Waals surface area contributed by atoms with Crippen LogP contribution in [0.1, 0.15) is 25.3 Å². The van der Waals surface area contributed by atoms with Crippen molar-refractivity contribution in [1.29, 1.82) is 0 Å². The zero-order chi connectivity index (χ0) is 13.0. The minimum atomic E-state index is -0.107. The van der Waals surface area contributed by atoms with Gasteiger partial charge in [-0.25, -0.2) is 0 Å². The van der Waals surface area contributed by atoms with Crippen LogP contribution in [0.4, 0.5) is 5.69 Å². The molecule has 1 aromatic rings. The van der Waals surface area contributed by atoms with Gasteiger partial charge in [0.15, 0.2) is 0 Å². The Morgan fingerprint density at radius 1 is 1.47 bits per heavy atom. The molecule has 0 spiro atoms. The number of amides is 1. The number of nitrogens with zero attached hydrogens (tertiary/aromatic N) is 1. The molecule has 0 unspecified atom stereocenters. The summed E-state index contributed by atoms with van der Waals surface area (Å²) in [4.78, 5) is 13.1. The predicted molar refractivity (Wildman–Crippen MR) is 69.5 cm³/mol. The molecule has 4 heteroatoms. The van der Waals surface area contributed by atoms with Gasteiger partial charge in [0.1, 0.15) is 5.75 Å². The van der Waals surface area contributed by atoms with E-state index in [1.165, 1.54) is 0 Å². The van der Waals surface area contributed by atoms with Gasteiger partial charge < -0.3 is 15.4 Å². The molecule has 0 saturated heterocycles. The molecule has 0 aliphatic heterocycles. The first-order valence-corrected chi connectivity index (χ1v) is 5.65. The Kier molecular flexibility index (Phi) is 4.52. The zero-order valence-electron chi connectivity index (χ0n) is 10.9. The van der Waals surface area contributed by atoms with E-state index in [1.807, 2.05) is 18.2 Å². The Morgan fingerprint density at radius 2 is 2.12 bits per heavy atom. The summed E-state index contributed by atoms with van der Waals surface area (Å²) in [5.74, 6) is 1.08. The van der Waals surface area contributed by atoms with Crippen molar-refractivity contribution in [2.24, 2.45) is 5.73 Å². The second-order valence-electron chi connectivity index (χ2n) is 4.24. The number of carbonyl (C=O) groups excluding carboxylic acids is 1. The molecule has 1 rings (SSSR count). The molecule has 0 aromatic heterocycles. The average molecular weight is 236 g/mol. The lowest BCUT2D eigenvalue weighted by atomic mass is 10.0. The molecular weight excluding hydrogens is 216 g/mol. The van der Waals surface area contributed by atoms with Crippen LogP contribution in [0.2, 0.25) is 0 Å². The summed E-state index contributed by atoms with van der Waals surface area (Å²) in [6, 6.07) is 5.71. The van der Waals surface area contributed by atoms with Crippen molar-refractivity contribution >= 4 is 11.6 Å². The Hall–Kier alpha value is -1.55. The second kappa shape index (κ2) is 5.68. The van der Waals surface area contributed by atoms with Crippen LogP contribution >= 0.6 is 0 Å². The zero-order valence-corrected chi connectivity index (χ0v) is 10.9. The van der Waals surface area contributed by atoms with Gasteiger partial charge in [-0.3, -0.25) is 4.79 Å². The highest BCUT2D eigenvalue weighted by molar-refractivity contribution is 5.94. The van der Waals surface area contributed by atoms with Crippen LogP contribution in [0, 0.1) is 0 Å². The summed E-state index contributed by atoms with van der Waals surface area (Å²) in [5.41, 5.74) is 7.27. The molecule has 0 bridgehead atoms. The van der Waals surface area contributed by atoms with Gasteiger partial charge in [-0.05, 0) is 29.7 Å². The fourth-order valence-electron chi connectivity index (χ4n) is 1.66. The van der Waals surface area contributed by atoms with E-state index < -0.39 is 0 Å². The number of rotatable bonds is 4. The van der Waals surface area contributed by atoms with Gasteiger partial charge in [0, 0.05) is 12.7 Å². The quantitative estimate of drug-likeness (QED) is 0.866. The summed E-state index contributed by atoms with van der Waals surface area (Å²) in [6.07, 6.45) is 0. The molecule has 2 N–H and O–H groups in total. The van der Waals surface area contributed by atoms with E-state index in [2.05, 4.69) is 13.8 Å². The van der Waals surface area contributed by atoms with Crippen molar-refractivity contribution < 1.29 is 9.53 Å². The Morgan fingerprint density at radius 3 is 2.59 bits per heavy atom. The molecule has 0 aliphatic rings. The molecule has 0 radical (unpaired) electrons. The third kappa shape index (κ3) is 2.97. The number of likely N-dealkylation sites (N-methyl/N-ethyl adjacent to an activating group) is 1. The molecule has 17 heavy (non-hydrogen) atoms. The number of ether oxygens (including phenoxy) is 1. The maximum Gasteiger partial charge on any atom is 0.240 e. The van der Waals surface area contributed by atoms with E-state index in [4.69, 9.17) is 10.5 Å². The van der Waals surface area contributed by atoms with Crippen LogP contribution in [-0.2, 0) is 4.79 Å². The van der Waals surface area contributed by atoms with Gasteiger partial charge >= 0.3 is 0 Å². The summed E-state index contributed by atoms with van der Waals surface area (Å²) >= 11 is 0. The topological polar surface area (TPSA) is 55.6 Å². The van der Waals surface area contributed by atoms with Crippen LogP contribution in [0.15, 0.2) is 18.2 Å². The number of nitrogens with two attached hydrogens (primary N) is 1. The summed E-state index contributed by atoms with van der Waals surface area (Å²) in [6.45, 7) is 4.19. The number of carbonyl (C=O) groups is 1. The third-order valence-electron chi connectivity index (χ3n) is 2.77. The van der Waals surface area contributed by atoms with Crippen LogP contribution in [0.25, 0.3) is 0 Å². The van der Waals surface area contributed by atoms with Gasteiger partial charge in [0.05, 0.1) is 13.7 Å². The van der Waals surface area contributed by atoms with Crippen molar-refractivity contribution in [3.8, 4) is 5.75 Å². The molecule has 4 nitrogen and oxygen atoms in total. The number of methoxy groups -OCH3 is 1. The van der Waals surface area contributed by atoms with Crippen molar-refractivity contribution in [1.82, 2.24) is 0 Å². The summed E-state index contributed by atoms with van der Waals surface area (Å²) < 4.78 is 5.30. The van der Waals surface area contributed by atoms with E-state index in [9.17, 15) is 4.79 Å². The predicted octanol–water partition coefficient (Wildman–Crippen LogP) is 1.74. The smallest absolute Gasteiger partial charge is 0.240 e. The minimum absolute atomic E-state index is 0.0134. The Balaban J connectivity index is 3.12. The monoisotopic (exact) mass is 236 g/mol. The highest BCUT2D eigenvalue weighted by atomic mass is 16.5. The maximum atomic E-state index is 11.5. The number of anilines is 1. The first-order chi connectivity index (χ1) is 8.01. The van der Waals surface area contributed by atoms with Crippen LogP contribution in [0.3, 0.4) is 0 Å². The molecule has 1 aromatic carbocycles. The van der Waals surface area contributed by atoms with E-state index in [1.54, 1.807) is 19.1 Å². The van der Waals surface area contributed by atoms with Crippen molar-refractivity contribution in [2.75, 3.05) is 25.6 Å². The van der Waals surface area contributed by atoms with E-state index in [-0.39, 0.29) is 12.5 Å². The van der Waals surface area contributed by atoms with Gasteiger partial charge in [-0.2, -0.15) is 0 Å². The molecule has 0 heterocycles. The molecule has 0 saturated carbocycles. The Bertz CT molecular complexity index is 402. The standard InChI is InChI=1S/C13H20N2O2/c1-9(2)11-7-10(5-6-12(11)17-4)15(3)13(16)8-14/h5-7,9H,8,14H2,1-4H3. The van der Waals surface area contributed by atoms with E-state index in [0.29, 0.717) is 5.92 Å². The highest BCUT2D eigenvalue weighted by Crippen LogP contribution is 2.30. The molecular formula is C13H20N2O2. The molecule has 0 atom stereocenters. The average Bonchev–Trinajstić information content (AvgIpc) is 2.35. The number of benzene rings is 1. The second-order valence-corrected chi connectivity index (χ2v) is 4.24. The summed E-state index contributed by atoms with van der Waals surface area (Å²) in [7, 11) is 3.37. The normalized spacial score (nSPS) is 10.5. The van der Waals surface area contributed by atoms with Crippen molar-refractivity contribution in [2.45, 2.75) is 19.8 Å². The minimum Gasteiger partial charge on any atom is -0.496 e. The lowest BCUT2D eigenvalue weighted by Crippen LogP contribution is -2.32. The highest BCUT2D eigenvalue weighted by Gasteiger charge is 2.13. The molecule has 1 amide bonds. The van der Waals surface area contributed by atoms with Gasteiger partial charge in [-0.15, -0.1) is 0 Å². The maximum absolute atomic E-state index is 11.5. The first kappa shape index (κ1) is 13.5. The van der Waals surface area contributed by atoms with Crippen LogP contribution < -0.4 is 15.4 Å².